The average molecular weight is 569 g/mol. The number of carbonyl (C=O) groups is 1. The lowest BCUT2D eigenvalue weighted by atomic mass is 10.0. The van der Waals surface area contributed by atoms with E-state index in [1.54, 1.807) is 42.1 Å². The standard InChI is InChI=1S/C28H21Cl2NO4S.C2H6/c29-21-2-1-3-22(30)25(21)26-20(27(35-31-26)16-6-7-16)14-34-19-10-11-23-17(12-19)8-4-15-5-9-18(28(32)33)13-24(15)36-23;1-2/h1-3,5,9-13,16H,4,6-8,14H2,(H,32,33);1-2H3. The van der Waals surface area contributed by atoms with E-state index >= 15 is 0 Å². The summed E-state index contributed by atoms with van der Waals surface area (Å²) in [5.41, 5.74) is 4.80. The molecule has 0 bridgehead atoms. The predicted octanol–water partition coefficient (Wildman–Crippen LogP) is 9.08. The van der Waals surface area contributed by atoms with Crippen LogP contribution in [0.1, 0.15) is 65.4 Å². The van der Waals surface area contributed by atoms with Gasteiger partial charge in [-0.15, -0.1) is 0 Å². The molecule has 38 heavy (non-hydrogen) atoms. The van der Waals surface area contributed by atoms with Gasteiger partial charge in [0.15, 0.2) is 0 Å². The second-order valence-corrected chi connectivity index (χ2v) is 10.9. The zero-order valence-electron chi connectivity index (χ0n) is 21.1. The molecule has 5 nitrogen and oxygen atoms in total. The van der Waals surface area contributed by atoms with Crippen LogP contribution in [-0.4, -0.2) is 16.2 Å². The maximum atomic E-state index is 11.4. The first-order valence-electron chi connectivity index (χ1n) is 12.7. The first-order chi connectivity index (χ1) is 18.5. The zero-order chi connectivity index (χ0) is 26.8. The third-order valence-electron chi connectivity index (χ3n) is 6.58. The van der Waals surface area contributed by atoms with Crippen LogP contribution in [0.25, 0.3) is 11.3 Å². The molecule has 0 saturated heterocycles. The van der Waals surface area contributed by atoms with Crippen molar-refractivity contribution in [3.63, 3.8) is 0 Å². The van der Waals surface area contributed by atoms with Gasteiger partial charge in [-0.25, -0.2) is 4.79 Å². The van der Waals surface area contributed by atoms with Crippen molar-refractivity contribution in [1.29, 1.82) is 0 Å². The Morgan fingerprint density at radius 3 is 2.47 bits per heavy atom. The first kappa shape index (κ1) is 26.7. The highest BCUT2D eigenvalue weighted by Crippen LogP contribution is 2.46. The van der Waals surface area contributed by atoms with E-state index in [0.29, 0.717) is 39.4 Å². The summed E-state index contributed by atoms with van der Waals surface area (Å²) < 4.78 is 12.0. The Hall–Kier alpha value is -2.93. The number of aromatic nitrogens is 1. The average Bonchev–Trinajstić information content (AvgIpc) is 3.71. The maximum absolute atomic E-state index is 11.4. The van der Waals surface area contributed by atoms with E-state index in [1.807, 2.05) is 32.0 Å². The molecule has 2 heterocycles. The maximum Gasteiger partial charge on any atom is 0.335 e. The number of hydrogen-bond acceptors (Lipinski definition) is 5. The number of rotatable bonds is 6. The van der Waals surface area contributed by atoms with Crippen LogP contribution in [0.15, 0.2) is 68.9 Å². The molecular formula is C30H27Cl2NO4S. The van der Waals surface area contributed by atoms with Crippen molar-refractivity contribution >= 4 is 40.9 Å². The summed E-state index contributed by atoms with van der Waals surface area (Å²) in [5, 5.41) is 14.7. The fourth-order valence-electron chi connectivity index (χ4n) is 4.52. The van der Waals surface area contributed by atoms with Crippen LogP contribution < -0.4 is 4.74 Å². The zero-order valence-corrected chi connectivity index (χ0v) is 23.4. The summed E-state index contributed by atoms with van der Waals surface area (Å²) in [5.74, 6) is 1.04. The third-order valence-corrected chi connectivity index (χ3v) is 8.43. The number of ether oxygens (including phenoxy) is 1. The van der Waals surface area contributed by atoms with Crippen molar-refractivity contribution < 1.29 is 19.2 Å². The predicted molar refractivity (Wildman–Crippen MR) is 151 cm³/mol. The topological polar surface area (TPSA) is 72.6 Å². The fourth-order valence-corrected chi connectivity index (χ4v) is 6.25. The molecule has 1 aliphatic heterocycles. The van der Waals surface area contributed by atoms with Crippen molar-refractivity contribution in [2.45, 2.75) is 61.8 Å². The van der Waals surface area contributed by atoms with E-state index < -0.39 is 5.97 Å². The monoisotopic (exact) mass is 567 g/mol. The van der Waals surface area contributed by atoms with E-state index in [-0.39, 0.29) is 0 Å². The molecule has 1 aromatic heterocycles. The van der Waals surface area contributed by atoms with Crippen LogP contribution in [0.5, 0.6) is 5.75 Å². The number of carboxylic acid groups (broad SMARTS) is 1. The molecule has 2 aliphatic rings. The number of aryl methyl sites for hydroxylation is 2. The number of hydrogen-bond donors (Lipinski definition) is 1. The number of halogens is 2. The molecule has 1 fully saturated rings. The molecule has 0 radical (unpaired) electrons. The van der Waals surface area contributed by atoms with Gasteiger partial charge in [0.1, 0.15) is 23.8 Å². The summed E-state index contributed by atoms with van der Waals surface area (Å²) >= 11 is 14.6. The quantitative estimate of drug-likeness (QED) is 0.250. The van der Waals surface area contributed by atoms with Gasteiger partial charge < -0.3 is 14.4 Å². The molecule has 0 amide bonds. The van der Waals surface area contributed by atoms with Gasteiger partial charge in [-0.2, -0.15) is 0 Å². The molecule has 1 N–H and O–H groups in total. The number of fused-ring (bicyclic) bond motifs is 2. The van der Waals surface area contributed by atoms with E-state index in [4.69, 9.17) is 32.5 Å². The van der Waals surface area contributed by atoms with Crippen molar-refractivity contribution in [2.75, 3.05) is 0 Å². The van der Waals surface area contributed by atoms with E-state index in [0.717, 1.165) is 58.1 Å². The molecule has 3 aromatic carbocycles. The lowest BCUT2D eigenvalue weighted by Gasteiger charge is -2.12. The molecule has 8 heteroatoms. The summed E-state index contributed by atoms with van der Waals surface area (Å²) in [4.78, 5) is 13.5. The van der Waals surface area contributed by atoms with Crippen LogP contribution >= 0.6 is 35.0 Å². The van der Waals surface area contributed by atoms with E-state index in [1.165, 1.54) is 5.56 Å². The SMILES string of the molecule is CC.O=C(O)c1ccc2c(c1)Sc1ccc(OCc3c(-c4c(Cl)cccc4Cl)noc3C3CC3)cc1CC2. The molecule has 1 aliphatic carbocycles. The highest BCUT2D eigenvalue weighted by Gasteiger charge is 2.33. The highest BCUT2D eigenvalue weighted by atomic mass is 35.5. The van der Waals surface area contributed by atoms with Crippen LogP contribution in [-0.2, 0) is 19.4 Å². The second-order valence-electron chi connectivity index (χ2n) is 9.03. The summed E-state index contributed by atoms with van der Waals surface area (Å²) in [6.45, 7) is 4.29. The Balaban J connectivity index is 0.00000144. The van der Waals surface area contributed by atoms with Gasteiger partial charge >= 0.3 is 5.97 Å². The van der Waals surface area contributed by atoms with Crippen LogP contribution in [0, 0.1) is 0 Å². The number of nitrogens with zero attached hydrogens (tertiary/aromatic N) is 1. The van der Waals surface area contributed by atoms with Gasteiger partial charge in [0.25, 0.3) is 0 Å². The Bertz CT molecular complexity index is 1480. The molecule has 0 unspecified atom stereocenters. The van der Waals surface area contributed by atoms with Gasteiger partial charge in [0.05, 0.1) is 21.2 Å². The normalized spacial score (nSPS) is 14.0. The summed E-state index contributed by atoms with van der Waals surface area (Å²) in [7, 11) is 0. The summed E-state index contributed by atoms with van der Waals surface area (Å²) in [6.07, 6.45) is 3.82. The molecular weight excluding hydrogens is 541 g/mol. The molecule has 196 valence electrons. The molecule has 4 aromatic rings. The molecule has 6 rings (SSSR count). The van der Waals surface area contributed by atoms with Crippen molar-refractivity contribution in [1.82, 2.24) is 5.16 Å². The van der Waals surface area contributed by atoms with Gasteiger partial charge in [0, 0.05) is 21.3 Å². The Labute approximate surface area is 236 Å². The van der Waals surface area contributed by atoms with Crippen LogP contribution in [0.3, 0.4) is 0 Å². The fraction of sp³-hybridized carbons (Fsp3) is 0.267. The van der Waals surface area contributed by atoms with Crippen molar-refractivity contribution in [3.8, 4) is 17.0 Å². The highest BCUT2D eigenvalue weighted by molar-refractivity contribution is 7.99. The van der Waals surface area contributed by atoms with Gasteiger partial charge in [0.2, 0.25) is 0 Å². The molecule has 0 atom stereocenters. The number of benzene rings is 3. The van der Waals surface area contributed by atoms with Gasteiger partial charge in [-0.1, -0.05) is 66.1 Å². The van der Waals surface area contributed by atoms with Crippen molar-refractivity contribution in [2.24, 2.45) is 0 Å². The minimum atomic E-state index is -0.914. The molecule has 1 saturated carbocycles. The Kier molecular flexibility index (Phi) is 8.03. The lowest BCUT2D eigenvalue weighted by Crippen LogP contribution is -2.01. The summed E-state index contributed by atoms with van der Waals surface area (Å²) in [6, 6.07) is 16.8. The largest absolute Gasteiger partial charge is 0.489 e. The van der Waals surface area contributed by atoms with Crippen molar-refractivity contribution in [3.05, 3.63) is 92.7 Å². The first-order valence-corrected chi connectivity index (χ1v) is 14.3. The third kappa shape index (κ3) is 5.44. The Morgan fingerprint density at radius 2 is 1.76 bits per heavy atom. The van der Waals surface area contributed by atoms with Crippen LogP contribution in [0.2, 0.25) is 10.0 Å². The van der Waals surface area contributed by atoms with Gasteiger partial charge in [-0.05, 0) is 79.3 Å². The second kappa shape index (κ2) is 11.4. The lowest BCUT2D eigenvalue weighted by molar-refractivity contribution is 0.0696. The molecule has 0 spiro atoms. The van der Waals surface area contributed by atoms with E-state index in [2.05, 4.69) is 11.2 Å². The van der Waals surface area contributed by atoms with Gasteiger partial charge in [-0.3, -0.25) is 0 Å². The minimum Gasteiger partial charge on any atom is -0.489 e. The smallest absolute Gasteiger partial charge is 0.335 e. The number of carboxylic acids is 1. The number of aromatic carboxylic acids is 1. The van der Waals surface area contributed by atoms with E-state index in [9.17, 15) is 9.90 Å². The van der Waals surface area contributed by atoms with Crippen LogP contribution in [0.4, 0.5) is 0 Å². The minimum absolute atomic E-state index is 0.292. The Morgan fingerprint density at radius 1 is 1.03 bits per heavy atom.